The minimum absolute atomic E-state index is 0.321. The van der Waals surface area contributed by atoms with Crippen LogP contribution >= 0.6 is 0 Å². The van der Waals surface area contributed by atoms with Gasteiger partial charge < -0.3 is 10.8 Å². The van der Waals surface area contributed by atoms with E-state index in [1.807, 2.05) is 6.92 Å². The van der Waals surface area contributed by atoms with Gasteiger partial charge in [0.05, 0.1) is 6.10 Å². The zero-order valence-electron chi connectivity index (χ0n) is 7.67. The fourth-order valence-corrected chi connectivity index (χ4v) is 2.37. The summed E-state index contributed by atoms with van der Waals surface area (Å²) in [7, 11) is 0. The van der Waals surface area contributed by atoms with E-state index in [1.54, 1.807) is 0 Å². The van der Waals surface area contributed by atoms with Gasteiger partial charge in [0.15, 0.2) is 0 Å². The lowest BCUT2D eigenvalue weighted by Gasteiger charge is -2.42. The maximum Gasteiger partial charge on any atom is 0.0742 e. The Morgan fingerprint density at radius 3 is 2.45 bits per heavy atom. The molecule has 4 atom stereocenters. The van der Waals surface area contributed by atoms with E-state index in [2.05, 4.69) is 13.8 Å². The first-order valence-corrected chi connectivity index (χ1v) is 4.40. The van der Waals surface area contributed by atoms with Crippen molar-refractivity contribution in [3.05, 3.63) is 0 Å². The first kappa shape index (κ1) is 9.01. The van der Waals surface area contributed by atoms with Crippen molar-refractivity contribution < 1.29 is 5.11 Å². The van der Waals surface area contributed by atoms with E-state index in [0.717, 1.165) is 12.8 Å². The third-order valence-electron chi connectivity index (χ3n) is 2.78. The lowest BCUT2D eigenvalue weighted by atomic mass is 9.71. The fraction of sp³-hybridized carbons (Fsp3) is 1.00. The minimum atomic E-state index is -0.364. The van der Waals surface area contributed by atoms with Gasteiger partial charge in [-0.15, -0.1) is 0 Å². The number of aliphatic hydroxyl groups excluding tert-OH is 1. The Morgan fingerprint density at radius 2 is 2.00 bits per heavy atom. The summed E-state index contributed by atoms with van der Waals surface area (Å²) in [6.07, 6.45) is 1.73. The van der Waals surface area contributed by atoms with Gasteiger partial charge in [0, 0.05) is 5.54 Å². The van der Waals surface area contributed by atoms with Gasteiger partial charge in [-0.1, -0.05) is 13.8 Å². The van der Waals surface area contributed by atoms with E-state index in [1.165, 1.54) is 0 Å². The summed E-state index contributed by atoms with van der Waals surface area (Å²) >= 11 is 0. The molecule has 1 rings (SSSR count). The van der Waals surface area contributed by atoms with Gasteiger partial charge in [-0.25, -0.2) is 0 Å². The normalized spacial score (nSPS) is 52.6. The average molecular weight is 157 g/mol. The van der Waals surface area contributed by atoms with Crippen LogP contribution in [-0.2, 0) is 0 Å². The second kappa shape index (κ2) is 2.76. The Kier molecular flexibility index (Phi) is 2.26. The van der Waals surface area contributed by atoms with Crippen LogP contribution in [0, 0.1) is 11.8 Å². The summed E-state index contributed by atoms with van der Waals surface area (Å²) in [4.78, 5) is 0. The monoisotopic (exact) mass is 157 g/mol. The molecule has 2 nitrogen and oxygen atoms in total. The molecule has 0 aromatic rings. The highest BCUT2D eigenvalue weighted by Gasteiger charge is 2.38. The third-order valence-corrected chi connectivity index (χ3v) is 2.78. The lowest BCUT2D eigenvalue weighted by molar-refractivity contribution is -0.00345. The van der Waals surface area contributed by atoms with Gasteiger partial charge >= 0.3 is 0 Å². The Hall–Kier alpha value is -0.0800. The van der Waals surface area contributed by atoms with Crippen molar-refractivity contribution in [2.75, 3.05) is 0 Å². The van der Waals surface area contributed by atoms with Crippen LogP contribution in [0.4, 0.5) is 0 Å². The highest BCUT2D eigenvalue weighted by atomic mass is 16.3. The van der Waals surface area contributed by atoms with Gasteiger partial charge in [-0.2, -0.15) is 0 Å². The molecule has 1 aliphatic carbocycles. The number of rotatable bonds is 0. The quantitative estimate of drug-likeness (QED) is 0.553. The molecule has 0 aromatic carbocycles. The predicted molar refractivity (Wildman–Crippen MR) is 46.2 cm³/mol. The van der Waals surface area contributed by atoms with E-state index in [-0.39, 0.29) is 11.6 Å². The van der Waals surface area contributed by atoms with Gasteiger partial charge in [-0.3, -0.25) is 0 Å². The molecule has 66 valence electrons. The van der Waals surface area contributed by atoms with Crippen molar-refractivity contribution in [1.82, 2.24) is 0 Å². The van der Waals surface area contributed by atoms with Crippen LogP contribution in [0.3, 0.4) is 0 Å². The molecule has 3 N–H and O–H groups in total. The molecular formula is C9H19NO. The number of aliphatic hydroxyl groups is 1. The topological polar surface area (TPSA) is 46.2 Å². The zero-order chi connectivity index (χ0) is 8.65. The van der Waals surface area contributed by atoms with Gasteiger partial charge in [0.2, 0.25) is 0 Å². The zero-order valence-corrected chi connectivity index (χ0v) is 7.67. The van der Waals surface area contributed by atoms with Crippen LogP contribution in [0.1, 0.15) is 33.6 Å². The second-order valence-corrected chi connectivity index (χ2v) is 4.47. The molecule has 2 heteroatoms. The molecule has 0 aromatic heterocycles. The molecule has 0 saturated heterocycles. The summed E-state index contributed by atoms with van der Waals surface area (Å²) in [6, 6.07) is 0. The summed E-state index contributed by atoms with van der Waals surface area (Å²) in [5.41, 5.74) is 5.59. The molecule has 1 aliphatic rings. The molecule has 0 heterocycles. The molecule has 0 aliphatic heterocycles. The standard InChI is InChI=1S/C9H19NO/c1-6-4-7(2)8(11)9(3,10)5-6/h6-8,11H,4-5,10H2,1-3H3. The molecule has 0 bridgehead atoms. The largest absolute Gasteiger partial charge is 0.391 e. The van der Waals surface area contributed by atoms with Crippen molar-refractivity contribution in [1.29, 1.82) is 0 Å². The summed E-state index contributed by atoms with van der Waals surface area (Å²) in [6.45, 7) is 6.22. The first-order chi connectivity index (χ1) is 4.93. The van der Waals surface area contributed by atoms with Crippen LogP contribution in [-0.4, -0.2) is 16.7 Å². The van der Waals surface area contributed by atoms with E-state index < -0.39 is 0 Å². The van der Waals surface area contributed by atoms with E-state index in [4.69, 9.17) is 5.73 Å². The van der Waals surface area contributed by atoms with E-state index in [9.17, 15) is 5.11 Å². The molecule has 1 saturated carbocycles. The van der Waals surface area contributed by atoms with E-state index >= 15 is 0 Å². The van der Waals surface area contributed by atoms with Crippen molar-refractivity contribution in [3.63, 3.8) is 0 Å². The maximum absolute atomic E-state index is 9.70. The van der Waals surface area contributed by atoms with Crippen LogP contribution in [0.5, 0.6) is 0 Å². The molecule has 0 amide bonds. The van der Waals surface area contributed by atoms with Gasteiger partial charge in [0.1, 0.15) is 0 Å². The molecule has 4 unspecified atom stereocenters. The molecule has 0 spiro atoms. The lowest BCUT2D eigenvalue weighted by Crippen LogP contribution is -2.55. The van der Waals surface area contributed by atoms with Gasteiger partial charge in [0.25, 0.3) is 0 Å². The number of hydrogen-bond acceptors (Lipinski definition) is 2. The van der Waals surface area contributed by atoms with Crippen LogP contribution in [0.15, 0.2) is 0 Å². The van der Waals surface area contributed by atoms with Crippen molar-refractivity contribution in [2.24, 2.45) is 17.6 Å². The van der Waals surface area contributed by atoms with Crippen LogP contribution in [0.2, 0.25) is 0 Å². The Bertz CT molecular complexity index is 144. The minimum Gasteiger partial charge on any atom is -0.391 e. The number of hydrogen-bond donors (Lipinski definition) is 2. The van der Waals surface area contributed by atoms with Crippen molar-refractivity contribution in [2.45, 2.75) is 45.3 Å². The maximum atomic E-state index is 9.70. The van der Waals surface area contributed by atoms with Crippen molar-refractivity contribution >= 4 is 0 Å². The summed E-state index contributed by atoms with van der Waals surface area (Å²) in [5.74, 6) is 1.01. The summed E-state index contributed by atoms with van der Waals surface area (Å²) in [5, 5.41) is 9.70. The Balaban J connectivity index is 2.67. The average Bonchev–Trinajstić information content (AvgIpc) is 1.81. The molecule has 11 heavy (non-hydrogen) atoms. The first-order valence-electron chi connectivity index (χ1n) is 4.40. The van der Waals surface area contributed by atoms with Gasteiger partial charge in [-0.05, 0) is 31.6 Å². The molecular weight excluding hydrogens is 138 g/mol. The van der Waals surface area contributed by atoms with Crippen molar-refractivity contribution in [3.8, 4) is 0 Å². The summed E-state index contributed by atoms with van der Waals surface area (Å²) < 4.78 is 0. The Morgan fingerprint density at radius 1 is 1.45 bits per heavy atom. The second-order valence-electron chi connectivity index (χ2n) is 4.47. The van der Waals surface area contributed by atoms with Crippen LogP contribution in [0.25, 0.3) is 0 Å². The fourth-order valence-electron chi connectivity index (χ4n) is 2.37. The highest BCUT2D eigenvalue weighted by molar-refractivity contribution is 4.95. The number of nitrogens with two attached hydrogens (primary N) is 1. The Labute approximate surface area is 68.8 Å². The molecule has 0 radical (unpaired) electrons. The predicted octanol–water partition coefficient (Wildman–Crippen LogP) is 1.13. The SMILES string of the molecule is CC1CC(C)C(O)C(C)(N)C1. The van der Waals surface area contributed by atoms with E-state index in [0.29, 0.717) is 11.8 Å². The molecule has 1 fully saturated rings. The van der Waals surface area contributed by atoms with Crippen LogP contribution < -0.4 is 5.73 Å². The third kappa shape index (κ3) is 1.74. The smallest absolute Gasteiger partial charge is 0.0742 e. The highest BCUT2D eigenvalue weighted by Crippen LogP contribution is 2.34.